The zero-order chi connectivity index (χ0) is 14.7. The van der Waals surface area contributed by atoms with E-state index in [9.17, 15) is 18.3 Å². The van der Waals surface area contributed by atoms with Crippen molar-refractivity contribution < 1.29 is 13.5 Å². The highest BCUT2D eigenvalue weighted by molar-refractivity contribution is 7.91. The van der Waals surface area contributed by atoms with Gasteiger partial charge in [-0.25, -0.2) is 13.4 Å². The van der Waals surface area contributed by atoms with Gasteiger partial charge in [-0.1, -0.05) is 0 Å². The second kappa shape index (κ2) is 4.37. The maximum atomic E-state index is 12.5. The third-order valence-corrected chi connectivity index (χ3v) is 6.58. The highest BCUT2D eigenvalue weighted by atomic mass is 32.2. The van der Waals surface area contributed by atoms with Crippen LogP contribution in [0.3, 0.4) is 0 Å². The Morgan fingerprint density at radius 3 is 2.70 bits per heavy atom. The summed E-state index contributed by atoms with van der Waals surface area (Å²) in [7, 11) is -3.30. The predicted molar refractivity (Wildman–Crippen MR) is 77.1 cm³/mol. The van der Waals surface area contributed by atoms with Crippen molar-refractivity contribution in [2.24, 2.45) is 0 Å². The molecule has 0 aliphatic carbocycles. The number of hydrogen-bond acceptors (Lipinski definition) is 6. The molecule has 0 amide bonds. The van der Waals surface area contributed by atoms with E-state index in [2.05, 4.69) is 4.98 Å². The van der Waals surface area contributed by atoms with Gasteiger partial charge < -0.3 is 5.11 Å². The topological polar surface area (TPSA) is 89.3 Å². The summed E-state index contributed by atoms with van der Waals surface area (Å²) >= 11 is 1.44. The van der Waals surface area contributed by atoms with Crippen LogP contribution in [0.5, 0.6) is 0 Å². The number of nitrogens with zero attached hydrogens (tertiary/aromatic N) is 2. The van der Waals surface area contributed by atoms with E-state index >= 15 is 0 Å². The zero-order valence-electron chi connectivity index (χ0n) is 11.0. The van der Waals surface area contributed by atoms with Gasteiger partial charge in [0.2, 0.25) is 0 Å². The van der Waals surface area contributed by atoms with E-state index < -0.39 is 22.0 Å². The fourth-order valence-corrected chi connectivity index (χ4v) is 5.33. The third kappa shape index (κ3) is 1.99. The number of aliphatic hydroxyl groups excluding tert-OH is 1. The fraction of sp³-hybridized carbons (Fsp3) is 0.500. The van der Waals surface area contributed by atoms with Gasteiger partial charge in [-0.15, -0.1) is 11.3 Å². The number of rotatable bonds is 1. The van der Waals surface area contributed by atoms with E-state index in [1.54, 1.807) is 0 Å². The smallest absolute Gasteiger partial charge is 0.262 e. The van der Waals surface area contributed by atoms with Crippen LogP contribution < -0.4 is 5.56 Å². The highest BCUT2D eigenvalue weighted by Gasteiger charge is 2.38. The lowest BCUT2D eigenvalue weighted by Gasteiger charge is -2.15. The summed E-state index contributed by atoms with van der Waals surface area (Å²) in [5.41, 5.74) is 0.588. The van der Waals surface area contributed by atoms with Crippen molar-refractivity contribution in [1.29, 1.82) is 0 Å². The molecule has 1 N–H and O–H groups in total. The Morgan fingerprint density at radius 1 is 1.40 bits per heavy atom. The van der Waals surface area contributed by atoms with Crippen LogP contribution in [0, 0.1) is 13.8 Å². The lowest BCUT2D eigenvalue weighted by molar-refractivity contribution is 0.151. The Labute approximate surface area is 119 Å². The molecular weight excluding hydrogens is 300 g/mol. The van der Waals surface area contributed by atoms with Gasteiger partial charge in [0.1, 0.15) is 4.83 Å². The van der Waals surface area contributed by atoms with Crippen molar-refractivity contribution in [2.45, 2.75) is 26.0 Å². The normalized spacial score (nSPS) is 25.4. The summed E-state index contributed by atoms with van der Waals surface area (Å²) in [6.45, 7) is 3.77. The van der Waals surface area contributed by atoms with Crippen LogP contribution >= 0.6 is 11.3 Å². The van der Waals surface area contributed by atoms with Gasteiger partial charge in [0.25, 0.3) is 5.56 Å². The minimum atomic E-state index is -3.30. The minimum absolute atomic E-state index is 0.219. The van der Waals surface area contributed by atoms with E-state index in [0.29, 0.717) is 10.2 Å². The van der Waals surface area contributed by atoms with Crippen LogP contribution in [0.1, 0.15) is 16.5 Å². The molecule has 108 valence electrons. The number of sulfone groups is 1. The number of aromatic nitrogens is 2. The summed E-state index contributed by atoms with van der Waals surface area (Å²) < 4.78 is 24.4. The molecule has 8 heteroatoms. The van der Waals surface area contributed by atoms with Gasteiger partial charge in [0.05, 0.1) is 35.4 Å². The highest BCUT2D eigenvalue weighted by Crippen LogP contribution is 2.28. The number of thiophene rings is 1. The molecule has 1 fully saturated rings. The van der Waals surface area contributed by atoms with Crippen molar-refractivity contribution in [3.8, 4) is 0 Å². The van der Waals surface area contributed by atoms with Gasteiger partial charge in [-0.05, 0) is 19.4 Å². The minimum Gasteiger partial charge on any atom is -0.390 e. The van der Waals surface area contributed by atoms with E-state index in [-0.39, 0.29) is 17.1 Å². The number of fused-ring (bicyclic) bond motifs is 1. The molecule has 1 aliphatic rings. The van der Waals surface area contributed by atoms with Crippen molar-refractivity contribution in [1.82, 2.24) is 9.55 Å². The first-order chi connectivity index (χ1) is 9.30. The Bertz CT molecular complexity index is 850. The van der Waals surface area contributed by atoms with Gasteiger partial charge in [-0.2, -0.15) is 0 Å². The summed E-state index contributed by atoms with van der Waals surface area (Å²) in [5.74, 6) is -0.521. The summed E-state index contributed by atoms with van der Waals surface area (Å²) in [4.78, 5) is 18.4. The maximum Gasteiger partial charge on any atom is 0.262 e. The van der Waals surface area contributed by atoms with Crippen LogP contribution in [0.25, 0.3) is 10.2 Å². The Balaban J connectivity index is 2.21. The van der Waals surface area contributed by atoms with Gasteiger partial charge >= 0.3 is 0 Å². The van der Waals surface area contributed by atoms with E-state index in [1.165, 1.54) is 22.2 Å². The fourth-order valence-electron chi connectivity index (χ4n) is 2.56. The Hall–Kier alpha value is -1.25. The first kappa shape index (κ1) is 13.7. The lowest BCUT2D eigenvalue weighted by atomic mass is 10.2. The Kier molecular flexibility index (Phi) is 3.00. The molecule has 2 aromatic heterocycles. The predicted octanol–water partition coefficient (Wildman–Crippen LogP) is 0.405. The van der Waals surface area contributed by atoms with E-state index in [1.807, 2.05) is 13.8 Å². The van der Waals surface area contributed by atoms with Gasteiger partial charge in [-0.3, -0.25) is 9.36 Å². The number of aryl methyl sites for hydroxylation is 2. The molecular formula is C12H14N2O4S2. The quantitative estimate of drug-likeness (QED) is 0.823. The lowest BCUT2D eigenvalue weighted by Crippen LogP contribution is -2.31. The SMILES string of the molecule is Cc1sc2ncn(C3CS(=O)(=O)CC3O)c(=O)c2c1C. The average Bonchev–Trinajstić information content (AvgIpc) is 2.77. The van der Waals surface area contributed by atoms with E-state index in [4.69, 9.17) is 0 Å². The molecule has 3 rings (SSSR count). The molecule has 6 nitrogen and oxygen atoms in total. The molecule has 0 radical (unpaired) electrons. The van der Waals surface area contributed by atoms with Gasteiger partial charge in [0, 0.05) is 4.88 Å². The van der Waals surface area contributed by atoms with Crippen LogP contribution in [0.2, 0.25) is 0 Å². The van der Waals surface area contributed by atoms with Crippen LogP contribution in [-0.4, -0.2) is 40.7 Å². The van der Waals surface area contributed by atoms with Crippen LogP contribution in [0.4, 0.5) is 0 Å². The molecule has 2 aromatic rings. The molecule has 1 aliphatic heterocycles. The molecule has 0 saturated carbocycles. The molecule has 20 heavy (non-hydrogen) atoms. The molecule has 0 spiro atoms. The molecule has 1 saturated heterocycles. The second-order valence-electron chi connectivity index (χ2n) is 5.13. The number of aliphatic hydroxyl groups is 1. The van der Waals surface area contributed by atoms with Crippen molar-refractivity contribution in [2.75, 3.05) is 11.5 Å². The average molecular weight is 314 g/mol. The van der Waals surface area contributed by atoms with Crippen LogP contribution in [-0.2, 0) is 9.84 Å². The molecule has 3 heterocycles. The largest absolute Gasteiger partial charge is 0.390 e. The molecule has 0 bridgehead atoms. The summed E-state index contributed by atoms with van der Waals surface area (Å²) in [6.07, 6.45) is 0.284. The molecule has 2 unspecified atom stereocenters. The van der Waals surface area contributed by atoms with Crippen molar-refractivity contribution >= 4 is 31.4 Å². The standard InChI is InChI=1S/C12H14N2O4S2/c1-6-7(2)19-11-10(6)12(16)14(5-13-11)8-3-20(17,18)4-9(8)15/h5,8-9,15H,3-4H2,1-2H3. The van der Waals surface area contributed by atoms with E-state index in [0.717, 1.165) is 10.4 Å². The summed E-state index contributed by atoms with van der Waals surface area (Å²) in [6, 6.07) is -0.746. The number of hydrogen-bond donors (Lipinski definition) is 1. The van der Waals surface area contributed by atoms with Crippen LogP contribution in [0.15, 0.2) is 11.1 Å². The maximum absolute atomic E-state index is 12.5. The van der Waals surface area contributed by atoms with Gasteiger partial charge in [0.15, 0.2) is 9.84 Å². The van der Waals surface area contributed by atoms with Crippen molar-refractivity contribution in [3.05, 3.63) is 27.1 Å². The monoisotopic (exact) mass is 314 g/mol. The zero-order valence-corrected chi connectivity index (χ0v) is 12.7. The molecule has 0 aromatic carbocycles. The van der Waals surface area contributed by atoms with Crippen molar-refractivity contribution in [3.63, 3.8) is 0 Å². The first-order valence-corrected chi connectivity index (χ1v) is 8.79. The second-order valence-corrected chi connectivity index (χ2v) is 8.49. The molecule has 2 atom stereocenters. The third-order valence-electron chi connectivity index (χ3n) is 3.77. The Morgan fingerprint density at radius 2 is 2.10 bits per heavy atom. The first-order valence-electron chi connectivity index (χ1n) is 6.15. The summed E-state index contributed by atoms with van der Waals surface area (Å²) in [5, 5.41) is 10.4.